The monoisotopic (exact) mass is 396 g/mol. The fourth-order valence-corrected chi connectivity index (χ4v) is 3.06. The van der Waals surface area contributed by atoms with Gasteiger partial charge in [0.25, 0.3) is 17.4 Å². The van der Waals surface area contributed by atoms with Gasteiger partial charge < -0.3 is 20.1 Å². The largest absolute Gasteiger partial charge is 0.349 e. The molecule has 1 aromatic carbocycles. The van der Waals surface area contributed by atoms with Gasteiger partial charge in [-0.2, -0.15) is 0 Å². The molecule has 1 aliphatic carbocycles. The molecule has 1 aliphatic rings. The Bertz CT molecular complexity index is 947. The number of aromatic amines is 1. The van der Waals surface area contributed by atoms with E-state index in [1.54, 1.807) is 7.05 Å². The minimum atomic E-state index is -0.496. The number of hydrogen-bond acceptors (Lipinski definition) is 4. The molecule has 3 rings (SSSR count). The number of carbonyl (C=O) groups is 2. The highest BCUT2D eigenvalue weighted by Crippen LogP contribution is 2.19. The zero-order valence-electron chi connectivity index (χ0n) is 17.2. The molecule has 154 valence electrons. The molecule has 0 saturated heterocycles. The lowest BCUT2D eigenvalue weighted by Crippen LogP contribution is -2.33. The summed E-state index contributed by atoms with van der Waals surface area (Å²) in [7, 11) is 5.73. The summed E-state index contributed by atoms with van der Waals surface area (Å²) in [6.07, 6.45) is 4.22. The number of amides is 2. The second kappa shape index (κ2) is 9.05. The third kappa shape index (κ3) is 5.77. The molecule has 0 atom stereocenters. The van der Waals surface area contributed by atoms with E-state index in [-0.39, 0.29) is 17.5 Å². The van der Waals surface area contributed by atoms with Crippen molar-refractivity contribution < 1.29 is 9.59 Å². The van der Waals surface area contributed by atoms with E-state index in [2.05, 4.69) is 27.3 Å². The standard InChI is InChI=1S/C22H28N4O3/c1-25(2)10-9-15-5-4-6-16(11-15)14-26(3)22(29)19-12-17(13-23-21(19)28)20(27)24-18-7-8-18/h4-6,11-13,18H,7-10,14H2,1-3H3,(H,23,28)(H,24,27). The van der Waals surface area contributed by atoms with Crippen LogP contribution in [0.25, 0.3) is 0 Å². The fraction of sp³-hybridized carbons (Fsp3) is 0.409. The van der Waals surface area contributed by atoms with Crippen molar-refractivity contribution in [2.24, 2.45) is 0 Å². The van der Waals surface area contributed by atoms with Gasteiger partial charge in [-0.05, 0) is 50.6 Å². The van der Waals surface area contributed by atoms with Gasteiger partial charge >= 0.3 is 0 Å². The molecule has 2 aromatic rings. The topological polar surface area (TPSA) is 85.5 Å². The maximum Gasteiger partial charge on any atom is 0.260 e. The van der Waals surface area contributed by atoms with Crippen LogP contribution < -0.4 is 10.9 Å². The van der Waals surface area contributed by atoms with Gasteiger partial charge in [0.2, 0.25) is 0 Å². The summed E-state index contributed by atoms with van der Waals surface area (Å²) in [5.74, 6) is -0.680. The molecule has 1 aromatic heterocycles. The Labute approximate surface area is 170 Å². The maximum absolute atomic E-state index is 12.8. The number of rotatable bonds is 8. The molecule has 0 bridgehead atoms. The molecule has 0 spiro atoms. The van der Waals surface area contributed by atoms with E-state index in [0.717, 1.165) is 31.4 Å². The highest BCUT2D eigenvalue weighted by molar-refractivity contribution is 5.99. The van der Waals surface area contributed by atoms with Gasteiger partial charge in [0, 0.05) is 32.4 Å². The first-order valence-electron chi connectivity index (χ1n) is 9.85. The number of carbonyl (C=O) groups excluding carboxylic acids is 2. The molecular formula is C22H28N4O3. The summed E-state index contributed by atoms with van der Waals surface area (Å²) in [6, 6.07) is 9.68. The zero-order chi connectivity index (χ0) is 21.0. The average Bonchev–Trinajstić information content (AvgIpc) is 3.50. The van der Waals surface area contributed by atoms with Crippen LogP contribution in [0.15, 0.2) is 41.3 Å². The van der Waals surface area contributed by atoms with Crippen LogP contribution in [0, 0.1) is 0 Å². The number of nitrogens with one attached hydrogen (secondary N) is 2. The second-order valence-corrected chi connectivity index (χ2v) is 7.91. The van der Waals surface area contributed by atoms with Gasteiger partial charge in [-0.25, -0.2) is 0 Å². The number of likely N-dealkylation sites (N-methyl/N-ethyl adjacent to an activating group) is 1. The molecule has 1 heterocycles. The van der Waals surface area contributed by atoms with Crippen LogP contribution in [0.5, 0.6) is 0 Å². The number of benzene rings is 1. The normalized spacial score (nSPS) is 13.4. The Kier molecular flexibility index (Phi) is 6.49. The molecule has 2 amide bonds. The van der Waals surface area contributed by atoms with Crippen LogP contribution >= 0.6 is 0 Å². The smallest absolute Gasteiger partial charge is 0.260 e. The van der Waals surface area contributed by atoms with E-state index in [1.807, 2.05) is 26.2 Å². The van der Waals surface area contributed by atoms with Crippen LogP contribution in [-0.2, 0) is 13.0 Å². The van der Waals surface area contributed by atoms with Crippen molar-refractivity contribution in [3.63, 3.8) is 0 Å². The number of hydrogen-bond donors (Lipinski definition) is 2. The molecule has 0 radical (unpaired) electrons. The van der Waals surface area contributed by atoms with Crippen molar-refractivity contribution in [3.8, 4) is 0 Å². The highest BCUT2D eigenvalue weighted by Gasteiger charge is 2.25. The summed E-state index contributed by atoms with van der Waals surface area (Å²) in [5.41, 5.74) is 1.97. The summed E-state index contributed by atoms with van der Waals surface area (Å²) >= 11 is 0. The molecule has 1 saturated carbocycles. The minimum Gasteiger partial charge on any atom is -0.349 e. The SMILES string of the molecule is CN(C)CCc1cccc(CN(C)C(=O)c2cc(C(=O)NC3CC3)c[nH]c2=O)c1. The van der Waals surface area contributed by atoms with Gasteiger partial charge in [0.15, 0.2) is 0 Å². The number of nitrogens with zero attached hydrogens (tertiary/aromatic N) is 2. The Morgan fingerprint density at radius 2 is 1.86 bits per heavy atom. The first-order valence-corrected chi connectivity index (χ1v) is 9.85. The Hall–Kier alpha value is -2.93. The number of aromatic nitrogens is 1. The van der Waals surface area contributed by atoms with Crippen LogP contribution in [0.1, 0.15) is 44.7 Å². The minimum absolute atomic E-state index is 0.0280. The quantitative estimate of drug-likeness (QED) is 0.710. The summed E-state index contributed by atoms with van der Waals surface area (Å²) in [4.78, 5) is 43.4. The lowest BCUT2D eigenvalue weighted by molar-refractivity contribution is 0.0783. The summed E-state index contributed by atoms with van der Waals surface area (Å²) in [5, 5.41) is 2.86. The number of H-pyrrole nitrogens is 1. The molecule has 0 aliphatic heterocycles. The van der Waals surface area contributed by atoms with Gasteiger partial charge in [-0.1, -0.05) is 24.3 Å². The Morgan fingerprint density at radius 1 is 1.14 bits per heavy atom. The van der Waals surface area contributed by atoms with Gasteiger partial charge in [0.1, 0.15) is 5.56 Å². The van der Waals surface area contributed by atoms with Gasteiger partial charge in [-0.3, -0.25) is 14.4 Å². The van der Waals surface area contributed by atoms with Crippen LogP contribution in [0.4, 0.5) is 0 Å². The second-order valence-electron chi connectivity index (χ2n) is 7.91. The van der Waals surface area contributed by atoms with E-state index in [9.17, 15) is 14.4 Å². The van der Waals surface area contributed by atoms with Crippen molar-refractivity contribution >= 4 is 11.8 Å². The molecule has 7 nitrogen and oxygen atoms in total. The third-order valence-corrected chi connectivity index (χ3v) is 4.91. The molecule has 1 fully saturated rings. The maximum atomic E-state index is 12.8. The predicted molar refractivity (Wildman–Crippen MR) is 112 cm³/mol. The lowest BCUT2D eigenvalue weighted by atomic mass is 10.1. The molecule has 29 heavy (non-hydrogen) atoms. The average molecular weight is 396 g/mol. The predicted octanol–water partition coefficient (Wildman–Crippen LogP) is 1.64. The Morgan fingerprint density at radius 3 is 2.55 bits per heavy atom. The van der Waals surface area contributed by atoms with Gasteiger partial charge in [0.05, 0.1) is 5.56 Å². The molecule has 0 unspecified atom stereocenters. The third-order valence-electron chi connectivity index (χ3n) is 4.91. The van der Waals surface area contributed by atoms with Crippen molar-refractivity contribution in [1.29, 1.82) is 0 Å². The zero-order valence-corrected chi connectivity index (χ0v) is 17.2. The highest BCUT2D eigenvalue weighted by atomic mass is 16.2. The summed E-state index contributed by atoms with van der Waals surface area (Å²) in [6.45, 7) is 1.33. The van der Waals surface area contributed by atoms with Crippen LogP contribution in [0.3, 0.4) is 0 Å². The molecule has 7 heteroatoms. The first-order chi connectivity index (χ1) is 13.8. The van der Waals surface area contributed by atoms with Crippen molar-refractivity contribution in [2.45, 2.75) is 31.8 Å². The van der Waals surface area contributed by atoms with E-state index in [4.69, 9.17) is 0 Å². The molecule has 2 N–H and O–H groups in total. The van der Waals surface area contributed by atoms with E-state index in [1.165, 1.54) is 22.7 Å². The van der Waals surface area contributed by atoms with Crippen molar-refractivity contribution in [2.75, 3.05) is 27.7 Å². The van der Waals surface area contributed by atoms with Crippen molar-refractivity contribution in [1.82, 2.24) is 20.1 Å². The summed E-state index contributed by atoms with van der Waals surface area (Å²) < 4.78 is 0. The van der Waals surface area contributed by atoms with E-state index in [0.29, 0.717) is 12.1 Å². The van der Waals surface area contributed by atoms with E-state index >= 15 is 0 Å². The van der Waals surface area contributed by atoms with Crippen LogP contribution in [0.2, 0.25) is 0 Å². The van der Waals surface area contributed by atoms with E-state index < -0.39 is 11.5 Å². The fourth-order valence-electron chi connectivity index (χ4n) is 3.06. The van der Waals surface area contributed by atoms with Crippen molar-refractivity contribution in [3.05, 3.63) is 69.1 Å². The van der Waals surface area contributed by atoms with Crippen LogP contribution in [-0.4, -0.2) is 60.3 Å². The number of pyridine rings is 1. The first kappa shape index (κ1) is 20.8. The lowest BCUT2D eigenvalue weighted by Gasteiger charge is -2.18. The Balaban J connectivity index is 1.70. The van der Waals surface area contributed by atoms with Gasteiger partial charge in [-0.15, -0.1) is 0 Å². The molecular weight excluding hydrogens is 368 g/mol.